The molecular weight excluding hydrogens is 302 g/mol. The number of aromatic nitrogens is 1. The Bertz CT molecular complexity index is 713. The van der Waals surface area contributed by atoms with Crippen molar-refractivity contribution in [3.8, 4) is 0 Å². The monoisotopic (exact) mass is 327 g/mol. The van der Waals surface area contributed by atoms with Crippen molar-refractivity contribution in [3.63, 3.8) is 0 Å². The normalized spacial score (nSPS) is 20.5. The number of rotatable bonds is 4. The summed E-state index contributed by atoms with van der Waals surface area (Å²) in [7, 11) is 0. The summed E-state index contributed by atoms with van der Waals surface area (Å²) in [6.45, 7) is 6.40. The van der Waals surface area contributed by atoms with Gasteiger partial charge in [-0.3, -0.25) is 4.98 Å². The van der Waals surface area contributed by atoms with Gasteiger partial charge in [0.1, 0.15) is 5.60 Å². The molecule has 0 bridgehead atoms. The van der Waals surface area contributed by atoms with E-state index < -0.39 is 5.60 Å². The van der Waals surface area contributed by atoms with Crippen LogP contribution in [-0.4, -0.2) is 28.8 Å². The van der Waals surface area contributed by atoms with Crippen LogP contribution in [0.5, 0.6) is 0 Å². The zero-order valence-corrected chi connectivity index (χ0v) is 14.5. The van der Waals surface area contributed by atoms with E-state index in [0.29, 0.717) is 6.04 Å². The molecule has 1 aromatic carbocycles. The van der Waals surface area contributed by atoms with Gasteiger partial charge in [-0.25, -0.2) is 4.79 Å². The molecule has 1 aliphatic carbocycles. The summed E-state index contributed by atoms with van der Waals surface area (Å²) >= 11 is 0. The predicted octanol–water partition coefficient (Wildman–Crippen LogP) is 3.38. The zero-order valence-electron chi connectivity index (χ0n) is 14.5. The van der Waals surface area contributed by atoms with Crippen molar-refractivity contribution in [2.24, 2.45) is 0 Å². The van der Waals surface area contributed by atoms with Crippen LogP contribution in [0.15, 0.2) is 36.5 Å². The summed E-state index contributed by atoms with van der Waals surface area (Å²) in [5.41, 5.74) is 1.80. The second-order valence-electron chi connectivity index (χ2n) is 7.38. The van der Waals surface area contributed by atoms with Crippen LogP contribution in [0.2, 0.25) is 0 Å². The number of carbonyl (C=O) groups is 1. The number of para-hydroxylation sites is 1. The quantitative estimate of drug-likeness (QED) is 0.903. The maximum absolute atomic E-state index is 11.7. The van der Waals surface area contributed by atoms with Crippen LogP contribution in [0.1, 0.15) is 39.2 Å². The number of ether oxygens (including phenoxy) is 1. The molecule has 3 rings (SSSR count). The average Bonchev–Trinajstić information content (AvgIpc) is 2.47. The van der Waals surface area contributed by atoms with Gasteiger partial charge in [0.05, 0.1) is 5.52 Å². The molecule has 1 aliphatic rings. The van der Waals surface area contributed by atoms with Crippen LogP contribution >= 0.6 is 0 Å². The standard InChI is InChI=1S/C19H25N3O2/c1-19(2,3)24-18(23)22-16-10-15(11-16)21-12-14-7-4-6-13-8-5-9-20-17(13)14/h4-9,15-16,21H,10-12H2,1-3H3,(H,22,23). The van der Waals surface area contributed by atoms with Crippen LogP contribution in [0.25, 0.3) is 10.9 Å². The molecular formula is C19H25N3O2. The average molecular weight is 327 g/mol. The van der Waals surface area contributed by atoms with Gasteiger partial charge < -0.3 is 15.4 Å². The molecule has 1 saturated carbocycles. The molecule has 0 radical (unpaired) electrons. The van der Waals surface area contributed by atoms with E-state index in [4.69, 9.17) is 4.74 Å². The van der Waals surface area contributed by atoms with Crippen LogP contribution in [0.4, 0.5) is 4.79 Å². The molecule has 0 atom stereocenters. The van der Waals surface area contributed by atoms with Crippen LogP contribution in [0.3, 0.4) is 0 Å². The molecule has 5 nitrogen and oxygen atoms in total. The summed E-state index contributed by atoms with van der Waals surface area (Å²) in [4.78, 5) is 16.2. The van der Waals surface area contributed by atoms with E-state index >= 15 is 0 Å². The predicted molar refractivity (Wildman–Crippen MR) is 94.8 cm³/mol. The van der Waals surface area contributed by atoms with E-state index in [0.717, 1.165) is 30.3 Å². The van der Waals surface area contributed by atoms with Gasteiger partial charge in [0.2, 0.25) is 0 Å². The number of hydrogen-bond acceptors (Lipinski definition) is 4. The highest BCUT2D eigenvalue weighted by Crippen LogP contribution is 2.22. The van der Waals surface area contributed by atoms with Gasteiger partial charge in [0, 0.05) is 30.2 Å². The number of benzene rings is 1. The maximum Gasteiger partial charge on any atom is 0.407 e. The number of hydrogen-bond donors (Lipinski definition) is 2. The zero-order chi connectivity index (χ0) is 17.2. The molecule has 24 heavy (non-hydrogen) atoms. The Morgan fingerprint density at radius 2 is 1.96 bits per heavy atom. The molecule has 128 valence electrons. The van der Waals surface area contributed by atoms with Gasteiger partial charge in [0.15, 0.2) is 0 Å². The lowest BCUT2D eigenvalue weighted by atomic mass is 9.86. The van der Waals surface area contributed by atoms with E-state index in [9.17, 15) is 4.79 Å². The SMILES string of the molecule is CC(C)(C)OC(=O)NC1CC(NCc2cccc3cccnc23)C1. The third-order valence-corrected chi connectivity index (χ3v) is 4.16. The molecule has 0 unspecified atom stereocenters. The third-order valence-electron chi connectivity index (χ3n) is 4.16. The summed E-state index contributed by atoms with van der Waals surface area (Å²) in [5, 5.41) is 7.63. The van der Waals surface area contributed by atoms with Gasteiger partial charge in [-0.15, -0.1) is 0 Å². The molecule has 1 aromatic heterocycles. The fraction of sp³-hybridized carbons (Fsp3) is 0.474. The van der Waals surface area contributed by atoms with Crippen molar-refractivity contribution in [1.82, 2.24) is 15.6 Å². The van der Waals surface area contributed by atoms with Crippen LogP contribution < -0.4 is 10.6 Å². The van der Waals surface area contributed by atoms with E-state index in [1.165, 1.54) is 5.56 Å². The van der Waals surface area contributed by atoms with Crippen molar-refractivity contribution < 1.29 is 9.53 Å². The largest absolute Gasteiger partial charge is 0.444 e. The number of nitrogens with one attached hydrogen (secondary N) is 2. The summed E-state index contributed by atoms with van der Waals surface area (Å²) in [6.07, 6.45) is 3.36. The minimum absolute atomic E-state index is 0.197. The van der Waals surface area contributed by atoms with Crippen LogP contribution in [-0.2, 0) is 11.3 Å². The second-order valence-corrected chi connectivity index (χ2v) is 7.38. The first-order valence-corrected chi connectivity index (χ1v) is 8.46. The fourth-order valence-electron chi connectivity index (χ4n) is 2.94. The molecule has 2 N–H and O–H groups in total. The smallest absolute Gasteiger partial charge is 0.407 e. The van der Waals surface area contributed by atoms with E-state index in [-0.39, 0.29) is 12.1 Å². The van der Waals surface area contributed by atoms with Crippen molar-refractivity contribution >= 4 is 17.0 Å². The molecule has 0 spiro atoms. The first-order valence-electron chi connectivity index (χ1n) is 8.46. The minimum Gasteiger partial charge on any atom is -0.444 e. The Kier molecular flexibility index (Phi) is 4.71. The lowest BCUT2D eigenvalue weighted by Gasteiger charge is -2.36. The highest BCUT2D eigenvalue weighted by molar-refractivity contribution is 5.81. The number of amides is 1. The molecule has 1 amide bonds. The minimum atomic E-state index is -0.452. The summed E-state index contributed by atoms with van der Waals surface area (Å²) in [6, 6.07) is 10.9. The fourth-order valence-corrected chi connectivity index (χ4v) is 2.94. The molecule has 2 aromatic rings. The first kappa shape index (κ1) is 16.7. The number of pyridine rings is 1. The number of fused-ring (bicyclic) bond motifs is 1. The lowest BCUT2D eigenvalue weighted by molar-refractivity contribution is 0.0465. The van der Waals surface area contributed by atoms with Crippen LogP contribution in [0, 0.1) is 0 Å². The number of nitrogens with zero attached hydrogens (tertiary/aromatic N) is 1. The Labute approximate surface area is 142 Å². The Morgan fingerprint density at radius 1 is 1.21 bits per heavy atom. The molecule has 0 saturated heterocycles. The Hall–Kier alpha value is -2.14. The van der Waals surface area contributed by atoms with E-state index in [1.54, 1.807) is 0 Å². The maximum atomic E-state index is 11.7. The van der Waals surface area contributed by atoms with Gasteiger partial charge in [0.25, 0.3) is 0 Å². The van der Waals surface area contributed by atoms with Crippen molar-refractivity contribution in [3.05, 3.63) is 42.1 Å². The lowest BCUT2D eigenvalue weighted by Crippen LogP contribution is -2.52. The summed E-state index contributed by atoms with van der Waals surface area (Å²) < 4.78 is 5.28. The number of carbonyl (C=O) groups excluding carboxylic acids is 1. The summed E-state index contributed by atoms with van der Waals surface area (Å²) in [5.74, 6) is 0. The van der Waals surface area contributed by atoms with E-state index in [2.05, 4.69) is 39.9 Å². The highest BCUT2D eigenvalue weighted by Gasteiger charge is 2.31. The van der Waals surface area contributed by atoms with Crippen molar-refractivity contribution in [2.45, 2.75) is 57.8 Å². The first-order chi connectivity index (χ1) is 11.4. The van der Waals surface area contributed by atoms with Gasteiger partial charge in [-0.05, 0) is 45.2 Å². The van der Waals surface area contributed by atoms with Crippen molar-refractivity contribution in [1.29, 1.82) is 0 Å². The molecule has 1 heterocycles. The Morgan fingerprint density at radius 3 is 2.71 bits per heavy atom. The topological polar surface area (TPSA) is 63.2 Å². The third kappa shape index (κ3) is 4.23. The molecule has 5 heteroatoms. The van der Waals surface area contributed by atoms with Gasteiger partial charge >= 0.3 is 6.09 Å². The molecule has 1 fully saturated rings. The van der Waals surface area contributed by atoms with Crippen molar-refractivity contribution in [2.75, 3.05) is 0 Å². The molecule has 0 aliphatic heterocycles. The second kappa shape index (κ2) is 6.77. The Balaban J connectivity index is 1.46. The highest BCUT2D eigenvalue weighted by atomic mass is 16.6. The van der Waals surface area contributed by atoms with E-state index in [1.807, 2.05) is 33.0 Å². The number of alkyl carbamates (subject to hydrolysis) is 1. The van der Waals surface area contributed by atoms with Gasteiger partial charge in [-0.2, -0.15) is 0 Å². The van der Waals surface area contributed by atoms with Gasteiger partial charge in [-0.1, -0.05) is 24.3 Å².